The zero-order valence-corrected chi connectivity index (χ0v) is 12.8. The molecule has 1 fully saturated rings. The zero-order valence-electron chi connectivity index (χ0n) is 11.2. The average Bonchev–Trinajstić information content (AvgIpc) is 2.41. The van der Waals surface area contributed by atoms with Crippen molar-refractivity contribution in [1.29, 1.82) is 0 Å². The summed E-state index contributed by atoms with van der Waals surface area (Å²) in [6.07, 6.45) is 2.23. The predicted octanol–water partition coefficient (Wildman–Crippen LogP) is 2.78. The van der Waals surface area contributed by atoms with E-state index in [0.717, 1.165) is 29.5 Å². The van der Waals surface area contributed by atoms with Gasteiger partial charge in [-0.25, -0.2) is 0 Å². The van der Waals surface area contributed by atoms with Gasteiger partial charge < -0.3 is 15.4 Å². The molecule has 2 atom stereocenters. The number of amides is 1. The van der Waals surface area contributed by atoms with Crippen molar-refractivity contribution in [2.45, 2.75) is 25.8 Å². The molecule has 1 aromatic carbocycles. The van der Waals surface area contributed by atoms with Crippen molar-refractivity contribution < 1.29 is 9.53 Å². The predicted molar refractivity (Wildman–Crippen MR) is 79.5 cm³/mol. The molecule has 5 heteroatoms. The van der Waals surface area contributed by atoms with E-state index in [1.807, 2.05) is 18.2 Å². The van der Waals surface area contributed by atoms with Crippen LogP contribution in [0.3, 0.4) is 0 Å². The van der Waals surface area contributed by atoms with Gasteiger partial charge in [0.2, 0.25) is 5.91 Å². The van der Waals surface area contributed by atoms with Crippen LogP contribution < -0.4 is 15.4 Å². The Morgan fingerprint density at radius 2 is 2.32 bits per heavy atom. The van der Waals surface area contributed by atoms with Crippen LogP contribution in [0.5, 0.6) is 5.75 Å². The van der Waals surface area contributed by atoms with Gasteiger partial charge in [0.15, 0.2) is 0 Å². The van der Waals surface area contributed by atoms with E-state index >= 15 is 0 Å². The minimum atomic E-state index is -0.108. The molecule has 104 valence electrons. The van der Waals surface area contributed by atoms with Gasteiger partial charge >= 0.3 is 0 Å². The molecule has 1 heterocycles. The zero-order chi connectivity index (χ0) is 13.8. The topological polar surface area (TPSA) is 50.4 Å². The van der Waals surface area contributed by atoms with Gasteiger partial charge in [-0.1, -0.05) is 6.92 Å². The van der Waals surface area contributed by atoms with E-state index in [4.69, 9.17) is 4.74 Å². The van der Waals surface area contributed by atoms with Crippen molar-refractivity contribution in [2.75, 3.05) is 19.0 Å². The van der Waals surface area contributed by atoms with Crippen LogP contribution in [0.25, 0.3) is 0 Å². The summed E-state index contributed by atoms with van der Waals surface area (Å²) in [6.45, 7) is 3.02. The van der Waals surface area contributed by atoms with Crippen LogP contribution in [0.4, 0.5) is 5.69 Å². The summed E-state index contributed by atoms with van der Waals surface area (Å²) in [4.78, 5) is 12.2. The highest BCUT2D eigenvalue weighted by Crippen LogP contribution is 2.28. The van der Waals surface area contributed by atoms with Crippen molar-refractivity contribution in [3.8, 4) is 5.75 Å². The van der Waals surface area contributed by atoms with Gasteiger partial charge in [0.25, 0.3) is 0 Å². The summed E-state index contributed by atoms with van der Waals surface area (Å²) in [7, 11) is 1.61. The molecule has 0 bridgehead atoms. The molecular formula is C14H19BrN2O2. The summed E-state index contributed by atoms with van der Waals surface area (Å²) < 4.78 is 6.09. The number of carbonyl (C=O) groups excluding carboxylic acids is 1. The summed E-state index contributed by atoms with van der Waals surface area (Å²) in [6, 6.07) is 5.43. The fourth-order valence-corrected chi connectivity index (χ4v) is 2.77. The molecule has 1 aliphatic rings. The maximum Gasteiger partial charge on any atom is 0.241 e. The van der Waals surface area contributed by atoms with Gasteiger partial charge in [-0.05, 0) is 53.4 Å². The van der Waals surface area contributed by atoms with Gasteiger partial charge in [0.05, 0.1) is 17.6 Å². The maximum atomic E-state index is 12.2. The standard InChI is InChI=1S/C14H19BrN2O2/c1-9-4-3-7-16-13(9)14(18)17-10-5-6-11(15)12(8-10)19-2/h5-6,8-9,13,16H,3-4,7H2,1-2H3,(H,17,18). The number of hydrogen-bond acceptors (Lipinski definition) is 3. The Labute approximate surface area is 122 Å². The van der Waals surface area contributed by atoms with Crippen LogP contribution in [0, 0.1) is 5.92 Å². The number of methoxy groups -OCH3 is 1. The normalized spacial score (nSPS) is 22.9. The molecule has 1 aromatic rings. The van der Waals surface area contributed by atoms with E-state index < -0.39 is 0 Å². The number of benzene rings is 1. The molecule has 1 amide bonds. The summed E-state index contributed by atoms with van der Waals surface area (Å²) in [5.74, 6) is 1.10. The number of ether oxygens (including phenoxy) is 1. The third-order valence-corrected chi connectivity index (χ3v) is 4.13. The minimum absolute atomic E-state index is 0.0246. The van der Waals surface area contributed by atoms with E-state index in [9.17, 15) is 4.79 Å². The van der Waals surface area contributed by atoms with Gasteiger partial charge in [0, 0.05) is 11.8 Å². The lowest BCUT2D eigenvalue weighted by Gasteiger charge is -2.29. The Morgan fingerprint density at radius 3 is 3.00 bits per heavy atom. The van der Waals surface area contributed by atoms with Gasteiger partial charge in [-0.2, -0.15) is 0 Å². The first-order valence-electron chi connectivity index (χ1n) is 6.49. The summed E-state index contributed by atoms with van der Waals surface area (Å²) in [5.41, 5.74) is 0.754. The molecule has 19 heavy (non-hydrogen) atoms. The van der Waals surface area contributed by atoms with Crippen molar-refractivity contribution in [1.82, 2.24) is 5.32 Å². The lowest BCUT2D eigenvalue weighted by Crippen LogP contribution is -2.48. The number of nitrogens with one attached hydrogen (secondary N) is 2. The molecule has 2 rings (SSSR count). The van der Waals surface area contributed by atoms with Crippen LogP contribution in [-0.2, 0) is 4.79 Å². The largest absolute Gasteiger partial charge is 0.495 e. The Morgan fingerprint density at radius 1 is 1.53 bits per heavy atom. The Bertz CT molecular complexity index is 465. The van der Waals surface area contributed by atoms with Gasteiger partial charge in [-0.3, -0.25) is 4.79 Å². The molecule has 2 unspecified atom stereocenters. The molecule has 4 nitrogen and oxygen atoms in total. The van der Waals surface area contributed by atoms with E-state index in [-0.39, 0.29) is 11.9 Å². The van der Waals surface area contributed by atoms with Crippen molar-refractivity contribution >= 4 is 27.5 Å². The second-order valence-electron chi connectivity index (χ2n) is 4.89. The molecule has 0 saturated carbocycles. The van der Waals surface area contributed by atoms with E-state index in [1.165, 1.54) is 0 Å². The molecular weight excluding hydrogens is 308 g/mol. The van der Waals surface area contributed by atoms with Crippen molar-refractivity contribution in [3.05, 3.63) is 22.7 Å². The lowest BCUT2D eigenvalue weighted by molar-refractivity contribution is -0.119. The maximum absolute atomic E-state index is 12.2. The Kier molecular flexibility index (Phi) is 4.82. The molecule has 1 aliphatic heterocycles. The fourth-order valence-electron chi connectivity index (χ4n) is 2.36. The lowest BCUT2D eigenvalue weighted by atomic mass is 9.92. The van der Waals surface area contributed by atoms with E-state index in [0.29, 0.717) is 11.7 Å². The van der Waals surface area contributed by atoms with Crippen molar-refractivity contribution in [2.24, 2.45) is 5.92 Å². The third-order valence-electron chi connectivity index (χ3n) is 3.47. The molecule has 0 spiro atoms. The highest BCUT2D eigenvalue weighted by molar-refractivity contribution is 9.10. The van der Waals surface area contributed by atoms with Gasteiger partial charge in [0.1, 0.15) is 5.75 Å². The smallest absolute Gasteiger partial charge is 0.241 e. The minimum Gasteiger partial charge on any atom is -0.495 e. The number of carbonyl (C=O) groups is 1. The second-order valence-corrected chi connectivity index (χ2v) is 5.74. The van der Waals surface area contributed by atoms with E-state index in [2.05, 4.69) is 33.5 Å². The molecule has 0 aromatic heterocycles. The van der Waals surface area contributed by atoms with Gasteiger partial charge in [-0.15, -0.1) is 0 Å². The van der Waals surface area contributed by atoms with Crippen LogP contribution in [0.15, 0.2) is 22.7 Å². The molecule has 0 aliphatic carbocycles. The van der Waals surface area contributed by atoms with Crippen LogP contribution >= 0.6 is 15.9 Å². The Balaban J connectivity index is 2.05. The average molecular weight is 327 g/mol. The second kappa shape index (κ2) is 6.39. The van der Waals surface area contributed by atoms with Crippen LogP contribution in [0.2, 0.25) is 0 Å². The quantitative estimate of drug-likeness (QED) is 0.898. The molecule has 1 saturated heterocycles. The molecule has 2 N–H and O–H groups in total. The monoisotopic (exact) mass is 326 g/mol. The number of hydrogen-bond donors (Lipinski definition) is 2. The number of piperidine rings is 1. The summed E-state index contributed by atoms with van der Waals surface area (Å²) in [5, 5.41) is 6.22. The third kappa shape index (κ3) is 3.48. The van der Waals surface area contributed by atoms with Crippen molar-refractivity contribution in [3.63, 3.8) is 0 Å². The first kappa shape index (κ1) is 14.3. The van der Waals surface area contributed by atoms with Crippen LogP contribution in [0.1, 0.15) is 19.8 Å². The fraction of sp³-hybridized carbons (Fsp3) is 0.500. The number of anilines is 1. The SMILES string of the molecule is COc1cc(NC(=O)C2NCCCC2C)ccc1Br. The highest BCUT2D eigenvalue weighted by Gasteiger charge is 2.27. The highest BCUT2D eigenvalue weighted by atomic mass is 79.9. The summed E-state index contributed by atoms with van der Waals surface area (Å²) >= 11 is 3.39. The van der Waals surface area contributed by atoms with E-state index in [1.54, 1.807) is 7.11 Å². The first-order valence-corrected chi connectivity index (χ1v) is 7.29. The first-order chi connectivity index (χ1) is 9.11. The molecule has 0 radical (unpaired) electrons. The number of halogens is 1. The van der Waals surface area contributed by atoms with Crippen LogP contribution in [-0.4, -0.2) is 25.6 Å². The number of rotatable bonds is 3. The Hall–Kier alpha value is -1.07.